The highest BCUT2D eigenvalue weighted by molar-refractivity contribution is 5.92. The lowest BCUT2D eigenvalue weighted by Gasteiger charge is -2.22. The Hall–Kier alpha value is -2.69. The number of hydrogen-bond acceptors (Lipinski definition) is 6. The van der Waals surface area contributed by atoms with Crippen molar-refractivity contribution in [1.29, 1.82) is 0 Å². The van der Waals surface area contributed by atoms with Crippen molar-refractivity contribution in [2.45, 2.75) is 45.2 Å². The van der Waals surface area contributed by atoms with Crippen LogP contribution in [0.4, 0.5) is 0 Å². The van der Waals surface area contributed by atoms with E-state index in [1.165, 1.54) is 0 Å². The summed E-state index contributed by atoms with van der Waals surface area (Å²) in [5.74, 6) is -4.63. The van der Waals surface area contributed by atoms with Crippen molar-refractivity contribution in [2.75, 3.05) is 13.1 Å². The van der Waals surface area contributed by atoms with E-state index in [0.717, 1.165) is 0 Å². The monoisotopic (exact) mass is 374 g/mol. The van der Waals surface area contributed by atoms with E-state index in [4.69, 9.17) is 15.9 Å². The Morgan fingerprint density at radius 3 is 2.08 bits per heavy atom. The minimum atomic E-state index is -1.24. The van der Waals surface area contributed by atoms with Crippen LogP contribution in [-0.2, 0) is 24.0 Å². The van der Waals surface area contributed by atoms with Crippen LogP contribution >= 0.6 is 0 Å². The van der Waals surface area contributed by atoms with Gasteiger partial charge >= 0.3 is 11.9 Å². The second kappa shape index (κ2) is 11.8. The highest BCUT2D eigenvalue weighted by Crippen LogP contribution is 2.06. The fourth-order valence-electron chi connectivity index (χ4n) is 1.84. The van der Waals surface area contributed by atoms with Crippen LogP contribution < -0.4 is 21.7 Å². The van der Waals surface area contributed by atoms with Gasteiger partial charge in [-0.15, -0.1) is 0 Å². The SMILES string of the molecule is CCC(C)C(N)C(=O)NC(CCC(=O)O)C(=O)NCC(=O)NCC(=O)O. The van der Waals surface area contributed by atoms with E-state index in [9.17, 15) is 24.0 Å². The van der Waals surface area contributed by atoms with Crippen molar-refractivity contribution < 1.29 is 34.2 Å². The van der Waals surface area contributed by atoms with Crippen molar-refractivity contribution in [3.05, 3.63) is 0 Å². The molecule has 0 saturated carbocycles. The second-order valence-electron chi connectivity index (χ2n) is 5.79. The number of hydrogen-bond donors (Lipinski definition) is 6. The highest BCUT2D eigenvalue weighted by atomic mass is 16.4. The van der Waals surface area contributed by atoms with Crippen LogP contribution in [0.2, 0.25) is 0 Å². The van der Waals surface area contributed by atoms with E-state index >= 15 is 0 Å². The second-order valence-corrected chi connectivity index (χ2v) is 5.79. The summed E-state index contributed by atoms with van der Waals surface area (Å²) in [6.45, 7) is 2.51. The van der Waals surface area contributed by atoms with E-state index in [-0.39, 0.29) is 18.8 Å². The number of carbonyl (C=O) groups excluding carboxylic acids is 3. The normalized spacial score (nSPS) is 13.8. The van der Waals surface area contributed by atoms with Gasteiger partial charge in [0.15, 0.2) is 0 Å². The molecule has 3 amide bonds. The van der Waals surface area contributed by atoms with Gasteiger partial charge in [0.2, 0.25) is 17.7 Å². The van der Waals surface area contributed by atoms with Gasteiger partial charge in [0, 0.05) is 6.42 Å². The van der Waals surface area contributed by atoms with Gasteiger partial charge in [-0.05, 0) is 12.3 Å². The Kier molecular flexibility index (Phi) is 10.6. The average molecular weight is 374 g/mol. The van der Waals surface area contributed by atoms with Gasteiger partial charge < -0.3 is 31.9 Å². The van der Waals surface area contributed by atoms with Crippen LogP contribution in [0, 0.1) is 5.92 Å². The van der Waals surface area contributed by atoms with Crippen molar-refractivity contribution in [2.24, 2.45) is 11.7 Å². The molecule has 0 aliphatic heterocycles. The zero-order valence-corrected chi connectivity index (χ0v) is 14.8. The molecular formula is C15H26N4O7. The number of nitrogens with one attached hydrogen (secondary N) is 3. The molecule has 0 radical (unpaired) electrons. The molecule has 0 aromatic rings. The molecule has 3 unspecified atom stereocenters. The van der Waals surface area contributed by atoms with Crippen LogP contribution in [0.5, 0.6) is 0 Å². The van der Waals surface area contributed by atoms with Gasteiger partial charge in [-0.1, -0.05) is 20.3 Å². The molecule has 148 valence electrons. The summed E-state index contributed by atoms with van der Waals surface area (Å²) in [4.78, 5) is 56.7. The maximum atomic E-state index is 12.1. The van der Waals surface area contributed by atoms with Crippen LogP contribution in [0.1, 0.15) is 33.1 Å². The quantitative estimate of drug-likeness (QED) is 0.227. The van der Waals surface area contributed by atoms with E-state index in [2.05, 4.69) is 16.0 Å². The maximum absolute atomic E-state index is 12.1. The number of carbonyl (C=O) groups is 5. The van der Waals surface area contributed by atoms with Crippen LogP contribution in [-0.4, -0.2) is 65.0 Å². The third-order valence-electron chi connectivity index (χ3n) is 3.70. The molecular weight excluding hydrogens is 348 g/mol. The Morgan fingerprint density at radius 2 is 1.58 bits per heavy atom. The zero-order valence-electron chi connectivity index (χ0n) is 14.8. The first-order valence-corrected chi connectivity index (χ1v) is 8.12. The first-order valence-electron chi connectivity index (χ1n) is 8.12. The molecule has 0 bridgehead atoms. The number of rotatable bonds is 12. The predicted octanol–water partition coefficient (Wildman–Crippen LogP) is -1.97. The van der Waals surface area contributed by atoms with Crippen molar-refractivity contribution >= 4 is 29.7 Å². The zero-order chi connectivity index (χ0) is 20.3. The summed E-state index contributed by atoms with van der Waals surface area (Å²) in [5, 5.41) is 23.9. The number of aliphatic carboxylic acids is 2. The van der Waals surface area contributed by atoms with Crippen molar-refractivity contribution in [1.82, 2.24) is 16.0 Å². The van der Waals surface area contributed by atoms with Crippen molar-refractivity contribution in [3.8, 4) is 0 Å². The van der Waals surface area contributed by atoms with Gasteiger partial charge in [0.05, 0.1) is 12.6 Å². The highest BCUT2D eigenvalue weighted by Gasteiger charge is 2.26. The average Bonchev–Trinajstić information content (AvgIpc) is 2.59. The molecule has 0 saturated heterocycles. The molecule has 11 nitrogen and oxygen atoms in total. The lowest BCUT2D eigenvalue weighted by Crippen LogP contribution is -2.54. The van der Waals surface area contributed by atoms with E-state index in [1.54, 1.807) is 6.92 Å². The topological polar surface area (TPSA) is 188 Å². The lowest BCUT2D eigenvalue weighted by atomic mass is 9.98. The summed E-state index contributed by atoms with van der Waals surface area (Å²) in [7, 11) is 0. The number of nitrogens with two attached hydrogens (primary N) is 1. The van der Waals surface area contributed by atoms with Crippen LogP contribution in [0.3, 0.4) is 0 Å². The fraction of sp³-hybridized carbons (Fsp3) is 0.667. The first kappa shape index (κ1) is 23.3. The Labute approximate surface area is 150 Å². The minimum Gasteiger partial charge on any atom is -0.481 e. The molecule has 26 heavy (non-hydrogen) atoms. The predicted molar refractivity (Wildman–Crippen MR) is 89.9 cm³/mol. The van der Waals surface area contributed by atoms with E-state index in [1.807, 2.05) is 6.92 Å². The standard InChI is InChI=1S/C15H26N4O7/c1-3-8(2)13(16)15(26)19-9(4-5-11(21)22)14(25)18-6-10(20)17-7-12(23)24/h8-9,13H,3-7,16H2,1-2H3,(H,17,20)(H,18,25)(H,19,26)(H,21,22)(H,23,24). The molecule has 0 spiro atoms. The lowest BCUT2D eigenvalue weighted by molar-refractivity contribution is -0.138. The fourth-order valence-corrected chi connectivity index (χ4v) is 1.84. The molecule has 3 atom stereocenters. The van der Waals surface area contributed by atoms with Gasteiger partial charge in [0.1, 0.15) is 12.6 Å². The largest absolute Gasteiger partial charge is 0.481 e. The molecule has 0 heterocycles. The molecule has 0 fully saturated rings. The third-order valence-corrected chi connectivity index (χ3v) is 3.70. The summed E-state index contributed by atoms with van der Waals surface area (Å²) in [6.07, 6.45) is 0.0867. The van der Waals surface area contributed by atoms with E-state index in [0.29, 0.717) is 6.42 Å². The van der Waals surface area contributed by atoms with Gasteiger partial charge in [-0.25, -0.2) is 0 Å². The summed E-state index contributed by atoms with van der Waals surface area (Å²) in [6, 6.07) is -2.04. The Balaban J connectivity index is 4.76. The molecule has 11 heteroatoms. The number of amides is 3. The Bertz CT molecular complexity index is 538. The van der Waals surface area contributed by atoms with Gasteiger partial charge in [-0.2, -0.15) is 0 Å². The van der Waals surface area contributed by atoms with Gasteiger partial charge in [-0.3, -0.25) is 24.0 Å². The third kappa shape index (κ3) is 9.57. The molecule has 7 N–H and O–H groups in total. The molecule has 0 aromatic heterocycles. The minimum absolute atomic E-state index is 0.139. The number of carboxylic acids is 2. The summed E-state index contributed by atoms with van der Waals surface area (Å²) >= 11 is 0. The molecule has 0 aliphatic carbocycles. The van der Waals surface area contributed by atoms with Crippen LogP contribution in [0.25, 0.3) is 0 Å². The maximum Gasteiger partial charge on any atom is 0.322 e. The van der Waals surface area contributed by atoms with Crippen molar-refractivity contribution in [3.63, 3.8) is 0 Å². The van der Waals surface area contributed by atoms with Gasteiger partial charge in [0.25, 0.3) is 0 Å². The summed E-state index contributed by atoms with van der Waals surface area (Å²) < 4.78 is 0. The number of carboxylic acid groups (broad SMARTS) is 2. The summed E-state index contributed by atoms with van der Waals surface area (Å²) in [5.41, 5.74) is 5.79. The molecule has 0 aliphatic rings. The van der Waals surface area contributed by atoms with E-state index < -0.39 is 54.8 Å². The molecule has 0 aromatic carbocycles. The first-order chi connectivity index (χ1) is 12.1. The van der Waals surface area contributed by atoms with Crippen LogP contribution in [0.15, 0.2) is 0 Å². The molecule has 0 rings (SSSR count). The Morgan fingerprint density at radius 1 is 0.962 bits per heavy atom. The smallest absolute Gasteiger partial charge is 0.322 e.